The number of benzene rings is 1. The Balaban J connectivity index is 1.22. The number of carbonyl (C=O) groups is 2. The third-order valence-corrected chi connectivity index (χ3v) is 5.66. The number of nitrogens with zero attached hydrogens (tertiary/aromatic N) is 3. The fraction of sp³-hybridized carbons (Fsp3) is 0.0741. The summed E-state index contributed by atoms with van der Waals surface area (Å²) >= 11 is 0. The Bertz CT molecular complexity index is 1540. The average molecular weight is 479 g/mol. The van der Waals surface area contributed by atoms with Gasteiger partial charge in [-0.2, -0.15) is 0 Å². The van der Waals surface area contributed by atoms with Crippen LogP contribution >= 0.6 is 0 Å². The number of aromatic amines is 1. The number of H-pyrrole nitrogens is 1. The van der Waals surface area contributed by atoms with Gasteiger partial charge in [0.2, 0.25) is 0 Å². The van der Waals surface area contributed by atoms with E-state index in [2.05, 4.69) is 25.6 Å². The summed E-state index contributed by atoms with van der Waals surface area (Å²) < 4.78 is 1.46. The summed E-state index contributed by atoms with van der Waals surface area (Å²) in [5.41, 5.74) is 4.12. The van der Waals surface area contributed by atoms with Crippen LogP contribution in [0.3, 0.4) is 0 Å². The highest BCUT2D eigenvalue weighted by molar-refractivity contribution is 6.34. The Hall–Kier alpha value is -5.05. The molecule has 0 saturated carbocycles. The van der Waals surface area contributed by atoms with Crippen molar-refractivity contribution in [3.05, 3.63) is 118 Å². The second kappa shape index (κ2) is 10.1. The number of carbonyl (C=O) groups excluding carboxylic acids is 2. The van der Waals surface area contributed by atoms with Crippen LogP contribution in [0.4, 0.5) is 5.69 Å². The molecule has 36 heavy (non-hydrogen) atoms. The van der Waals surface area contributed by atoms with E-state index in [-0.39, 0.29) is 30.1 Å². The Kier molecular flexibility index (Phi) is 6.35. The lowest BCUT2D eigenvalue weighted by molar-refractivity contribution is -0.110. The number of imidazole rings is 1. The molecule has 5 rings (SSSR count). The zero-order valence-corrected chi connectivity index (χ0v) is 19.1. The third-order valence-electron chi connectivity index (χ3n) is 5.66. The van der Waals surface area contributed by atoms with E-state index >= 15 is 0 Å². The van der Waals surface area contributed by atoms with Gasteiger partial charge < -0.3 is 20.2 Å². The number of hydrogen-bond acceptors (Lipinski definition) is 5. The van der Waals surface area contributed by atoms with E-state index in [1.54, 1.807) is 49.2 Å². The lowest BCUT2D eigenvalue weighted by Crippen LogP contribution is -2.33. The number of hydrogen-bond donors (Lipinski definition) is 3. The van der Waals surface area contributed by atoms with E-state index in [1.807, 2.05) is 36.4 Å². The molecular formula is C27H22N6O3. The lowest BCUT2D eigenvalue weighted by atomic mass is 10.0. The molecule has 0 aliphatic carbocycles. The van der Waals surface area contributed by atoms with Crippen LogP contribution in [0.2, 0.25) is 0 Å². The Morgan fingerprint density at radius 2 is 2.03 bits per heavy atom. The largest absolute Gasteiger partial charge is 0.348 e. The molecule has 0 saturated heterocycles. The van der Waals surface area contributed by atoms with Gasteiger partial charge in [-0.1, -0.05) is 30.4 Å². The van der Waals surface area contributed by atoms with Crippen molar-refractivity contribution in [1.82, 2.24) is 24.8 Å². The van der Waals surface area contributed by atoms with Crippen molar-refractivity contribution < 1.29 is 9.59 Å². The minimum Gasteiger partial charge on any atom is -0.348 e. The SMILES string of the molecule is O=C1Nc2cc(/C=C/CNC(=O)c3cccn(Cc4ccccn4)c3=O)ccc2/C1=C\c1cnc[nH]1. The average Bonchev–Trinajstić information content (AvgIpc) is 3.51. The van der Waals surface area contributed by atoms with Gasteiger partial charge in [-0.3, -0.25) is 19.4 Å². The third kappa shape index (κ3) is 4.90. The van der Waals surface area contributed by atoms with E-state index < -0.39 is 5.91 Å². The molecule has 0 atom stereocenters. The maximum absolute atomic E-state index is 12.7. The molecule has 0 radical (unpaired) electrons. The second-order valence-electron chi connectivity index (χ2n) is 8.11. The summed E-state index contributed by atoms with van der Waals surface area (Å²) in [4.78, 5) is 48.9. The topological polar surface area (TPSA) is 122 Å². The maximum atomic E-state index is 12.7. The molecule has 3 aromatic heterocycles. The summed E-state index contributed by atoms with van der Waals surface area (Å²) in [5, 5.41) is 5.62. The highest BCUT2D eigenvalue weighted by Crippen LogP contribution is 2.33. The van der Waals surface area contributed by atoms with Crippen LogP contribution in [-0.2, 0) is 11.3 Å². The molecule has 1 aliphatic heterocycles. The highest BCUT2D eigenvalue weighted by Gasteiger charge is 2.24. The number of nitrogens with one attached hydrogen (secondary N) is 3. The molecule has 0 unspecified atom stereocenters. The van der Waals surface area contributed by atoms with Gasteiger partial charge in [0, 0.05) is 30.2 Å². The summed E-state index contributed by atoms with van der Waals surface area (Å²) in [6.07, 6.45) is 11.9. The molecule has 0 fully saturated rings. The van der Waals surface area contributed by atoms with E-state index in [1.165, 1.54) is 10.6 Å². The first-order valence-corrected chi connectivity index (χ1v) is 11.3. The molecule has 9 heteroatoms. The van der Waals surface area contributed by atoms with Crippen molar-refractivity contribution in [2.75, 3.05) is 11.9 Å². The van der Waals surface area contributed by atoms with Gasteiger partial charge >= 0.3 is 0 Å². The van der Waals surface area contributed by atoms with Crippen LogP contribution in [0.25, 0.3) is 17.7 Å². The van der Waals surface area contributed by atoms with Gasteiger partial charge in [0.1, 0.15) is 5.56 Å². The van der Waals surface area contributed by atoms with Gasteiger partial charge in [-0.25, -0.2) is 4.98 Å². The van der Waals surface area contributed by atoms with Gasteiger partial charge in [0.15, 0.2) is 0 Å². The fourth-order valence-electron chi connectivity index (χ4n) is 3.90. The van der Waals surface area contributed by atoms with Crippen molar-refractivity contribution in [1.29, 1.82) is 0 Å². The second-order valence-corrected chi connectivity index (χ2v) is 8.11. The minimum atomic E-state index is -0.449. The molecule has 0 bridgehead atoms. The van der Waals surface area contributed by atoms with Gasteiger partial charge in [0.25, 0.3) is 17.4 Å². The maximum Gasteiger partial charge on any atom is 0.263 e. The van der Waals surface area contributed by atoms with Crippen LogP contribution in [0.1, 0.15) is 32.9 Å². The molecule has 4 heterocycles. The van der Waals surface area contributed by atoms with Gasteiger partial charge in [-0.05, 0) is 42.0 Å². The number of rotatable bonds is 7. The van der Waals surface area contributed by atoms with Gasteiger partial charge in [0.05, 0.1) is 36.0 Å². The first kappa shape index (κ1) is 22.7. The van der Waals surface area contributed by atoms with Crippen LogP contribution in [0.15, 0.2) is 84.3 Å². The van der Waals surface area contributed by atoms with Crippen LogP contribution in [0, 0.1) is 0 Å². The smallest absolute Gasteiger partial charge is 0.263 e. The highest BCUT2D eigenvalue weighted by atomic mass is 16.2. The number of anilines is 1. The van der Waals surface area contributed by atoms with Crippen molar-refractivity contribution in [2.24, 2.45) is 0 Å². The molecule has 1 aliphatic rings. The van der Waals surface area contributed by atoms with Crippen molar-refractivity contribution >= 4 is 35.2 Å². The van der Waals surface area contributed by atoms with E-state index in [9.17, 15) is 14.4 Å². The molecule has 3 N–H and O–H groups in total. The molecule has 9 nitrogen and oxygen atoms in total. The number of aromatic nitrogens is 4. The fourth-order valence-corrected chi connectivity index (χ4v) is 3.90. The zero-order valence-electron chi connectivity index (χ0n) is 19.1. The summed E-state index contributed by atoms with van der Waals surface area (Å²) in [6, 6.07) is 14.3. The normalized spacial score (nSPS) is 13.7. The molecule has 0 spiro atoms. The molecule has 2 amide bonds. The molecule has 4 aromatic rings. The monoisotopic (exact) mass is 478 g/mol. The molecule has 1 aromatic carbocycles. The first-order valence-electron chi connectivity index (χ1n) is 11.3. The predicted octanol–water partition coefficient (Wildman–Crippen LogP) is 2.95. The summed E-state index contributed by atoms with van der Waals surface area (Å²) in [6.45, 7) is 0.524. The number of pyridine rings is 2. The van der Waals surface area contributed by atoms with Crippen molar-refractivity contribution in [3.8, 4) is 0 Å². The van der Waals surface area contributed by atoms with E-state index in [0.717, 1.165) is 28.2 Å². The van der Waals surface area contributed by atoms with Gasteiger partial charge in [-0.15, -0.1) is 0 Å². The summed E-state index contributed by atoms with van der Waals surface area (Å²) in [5.74, 6) is -0.626. The Labute approximate surface area is 206 Å². The molecular weight excluding hydrogens is 456 g/mol. The van der Waals surface area contributed by atoms with E-state index in [4.69, 9.17) is 0 Å². The zero-order chi connectivity index (χ0) is 24.9. The lowest BCUT2D eigenvalue weighted by Gasteiger charge is -2.08. The quantitative estimate of drug-likeness (QED) is 0.353. The van der Waals surface area contributed by atoms with Crippen molar-refractivity contribution in [3.63, 3.8) is 0 Å². The first-order chi connectivity index (χ1) is 17.6. The van der Waals surface area contributed by atoms with Crippen LogP contribution in [-0.4, -0.2) is 37.9 Å². The Morgan fingerprint density at radius 1 is 1.11 bits per heavy atom. The number of fused-ring (bicyclic) bond motifs is 1. The van der Waals surface area contributed by atoms with E-state index in [0.29, 0.717) is 5.57 Å². The minimum absolute atomic E-state index is 0.0682. The predicted molar refractivity (Wildman–Crippen MR) is 137 cm³/mol. The number of amides is 2. The van der Waals surface area contributed by atoms with Crippen molar-refractivity contribution in [2.45, 2.75) is 6.54 Å². The summed E-state index contributed by atoms with van der Waals surface area (Å²) in [7, 11) is 0. The Morgan fingerprint density at radius 3 is 2.83 bits per heavy atom. The molecule has 178 valence electrons. The van der Waals surface area contributed by atoms with Crippen LogP contribution < -0.4 is 16.2 Å². The standard InChI is InChI=1S/C27H22N6O3/c34-25(22-7-4-12-33(27(22)36)16-19-6-1-2-10-29-19)30-11-3-5-18-8-9-21-23(14-20-15-28-17-31-20)26(35)32-24(21)13-18/h1-10,12-15,17H,11,16H2,(H,28,31)(H,30,34)(H,32,35)/b5-3+,23-14+. The van der Waals surface area contributed by atoms with Crippen LogP contribution in [0.5, 0.6) is 0 Å².